The molecule has 1 heterocycles. The van der Waals surface area contributed by atoms with Gasteiger partial charge >= 0.3 is 0 Å². The molecule has 1 unspecified atom stereocenters. The fourth-order valence-corrected chi connectivity index (χ4v) is 2.94. The maximum Gasteiger partial charge on any atom is 0.249 e. The van der Waals surface area contributed by atoms with Crippen molar-refractivity contribution in [3.63, 3.8) is 0 Å². The lowest BCUT2D eigenvalue weighted by Gasteiger charge is -2.40. The summed E-state index contributed by atoms with van der Waals surface area (Å²) in [6, 6.07) is 13.3. The predicted molar refractivity (Wildman–Crippen MR) is 92.9 cm³/mol. The minimum absolute atomic E-state index is 0.0794. The van der Waals surface area contributed by atoms with Gasteiger partial charge in [-0.2, -0.15) is 0 Å². The number of methoxy groups -OCH3 is 1. The Hall–Kier alpha value is -2.69. The van der Waals surface area contributed by atoms with Crippen LogP contribution in [0.5, 0.6) is 5.75 Å². The first kappa shape index (κ1) is 15.2. The van der Waals surface area contributed by atoms with Crippen LogP contribution in [0.3, 0.4) is 0 Å². The van der Waals surface area contributed by atoms with Crippen LogP contribution in [0.2, 0.25) is 0 Å². The molecule has 0 bridgehead atoms. The number of nitrogens with two attached hydrogens (primary N) is 1. The highest BCUT2D eigenvalue weighted by Gasteiger charge is 2.33. The fourth-order valence-electron chi connectivity index (χ4n) is 2.94. The van der Waals surface area contributed by atoms with Crippen molar-refractivity contribution >= 4 is 23.0 Å². The summed E-state index contributed by atoms with van der Waals surface area (Å²) in [5.74, 6) is 0.900. The summed E-state index contributed by atoms with van der Waals surface area (Å²) in [6.45, 7) is 2.57. The number of nitrogen functional groups attached to an aromatic ring is 1. The quantitative estimate of drug-likeness (QED) is 0.885. The highest BCUT2D eigenvalue weighted by atomic mass is 16.5. The van der Waals surface area contributed by atoms with Crippen molar-refractivity contribution in [1.29, 1.82) is 0 Å². The summed E-state index contributed by atoms with van der Waals surface area (Å²) in [5, 5.41) is 0. The second-order valence-corrected chi connectivity index (χ2v) is 5.80. The van der Waals surface area contributed by atoms with Gasteiger partial charge in [-0.25, -0.2) is 0 Å². The number of carbonyl (C=O) groups excluding carboxylic acids is 1. The summed E-state index contributed by atoms with van der Waals surface area (Å²) in [7, 11) is 3.45. The van der Waals surface area contributed by atoms with Gasteiger partial charge in [0.05, 0.1) is 18.5 Å². The van der Waals surface area contributed by atoms with Crippen LogP contribution in [0.25, 0.3) is 0 Å². The third-order valence-corrected chi connectivity index (χ3v) is 4.34. The van der Waals surface area contributed by atoms with E-state index in [-0.39, 0.29) is 11.9 Å². The smallest absolute Gasteiger partial charge is 0.249 e. The Bertz CT molecular complexity index is 728. The van der Waals surface area contributed by atoms with E-state index >= 15 is 0 Å². The van der Waals surface area contributed by atoms with Crippen molar-refractivity contribution in [3.05, 3.63) is 48.0 Å². The van der Waals surface area contributed by atoms with Crippen LogP contribution >= 0.6 is 0 Å². The second kappa shape index (κ2) is 5.83. The van der Waals surface area contributed by atoms with E-state index < -0.39 is 0 Å². The van der Waals surface area contributed by atoms with Crippen molar-refractivity contribution in [2.24, 2.45) is 0 Å². The van der Waals surface area contributed by atoms with Gasteiger partial charge in [-0.3, -0.25) is 4.79 Å². The number of likely N-dealkylation sites (N-methyl/N-ethyl adjacent to an activating group) is 1. The zero-order valence-corrected chi connectivity index (χ0v) is 13.6. The summed E-state index contributed by atoms with van der Waals surface area (Å²) >= 11 is 0. The molecule has 0 aliphatic carbocycles. The maximum atomic E-state index is 12.5. The topological polar surface area (TPSA) is 58.8 Å². The van der Waals surface area contributed by atoms with E-state index in [2.05, 4.69) is 4.90 Å². The molecule has 1 aliphatic rings. The Labute approximate surface area is 136 Å². The van der Waals surface area contributed by atoms with Crippen LogP contribution < -0.4 is 20.3 Å². The Morgan fingerprint density at radius 3 is 2.48 bits per heavy atom. The molecule has 0 radical (unpaired) electrons. The molecular formula is C18H21N3O2. The Morgan fingerprint density at radius 1 is 1.13 bits per heavy atom. The number of ether oxygens (including phenoxy) is 1. The van der Waals surface area contributed by atoms with Crippen molar-refractivity contribution < 1.29 is 9.53 Å². The van der Waals surface area contributed by atoms with Crippen molar-refractivity contribution in [2.45, 2.75) is 19.5 Å². The standard InChI is InChI=1S/C18H21N3O2/c1-12-18(22)20(2)16-9-6-14(19)10-17(16)21(12)11-13-4-7-15(23-3)8-5-13/h4-10,12H,11,19H2,1-3H3. The first-order chi connectivity index (χ1) is 11.0. The SMILES string of the molecule is COc1ccc(CN2c3cc(N)ccc3N(C)C(=O)C2C)cc1. The lowest BCUT2D eigenvalue weighted by atomic mass is 10.1. The van der Waals surface area contributed by atoms with Crippen LogP contribution in [0.15, 0.2) is 42.5 Å². The monoisotopic (exact) mass is 311 g/mol. The number of carbonyl (C=O) groups is 1. The average molecular weight is 311 g/mol. The van der Waals surface area contributed by atoms with Gasteiger partial charge in [-0.1, -0.05) is 12.1 Å². The Balaban J connectivity index is 1.98. The molecule has 23 heavy (non-hydrogen) atoms. The molecule has 2 N–H and O–H groups in total. The molecule has 1 amide bonds. The molecule has 3 rings (SSSR count). The van der Waals surface area contributed by atoms with Crippen LogP contribution in [0.4, 0.5) is 17.1 Å². The molecule has 0 saturated carbocycles. The molecule has 0 fully saturated rings. The van der Waals surface area contributed by atoms with Crippen LogP contribution in [0.1, 0.15) is 12.5 Å². The van der Waals surface area contributed by atoms with Gasteiger partial charge in [0.1, 0.15) is 11.8 Å². The summed E-state index contributed by atoms with van der Waals surface area (Å²) < 4.78 is 5.19. The normalized spacial score (nSPS) is 17.2. The minimum atomic E-state index is -0.239. The summed E-state index contributed by atoms with van der Waals surface area (Å²) in [5.41, 5.74) is 9.63. The summed E-state index contributed by atoms with van der Waals surface area (Å²) in [4.78, 5) is 16.3. The number of nitrogens with zero attached hydrogens (tertiary/aromatic N) is 2. The van der Waals surface area contributed by atoms with E-state index in [1.165, 1.54) is 0 Å². The third kappa shape index (κ3) is 2.70. The zero-order valence-electron chi connectivity index (χ0n) is 13.6. The van der Waals surface area contributed by atoms with Gasteiger partial charge in [-0.15, -0.1) is 0 Å². The van der Waals surface area contributed by atoms with E-state index in [9.17, 15) is 4.79 Å². The van der Waals surface area contributed by atoms with E-state index in [4.69, 9.17) is 10.5 Å². The second-order valence-electron chi connectivity index (χ2n) is 5.80. The van der Waals surface area contributed by atoms with E-state index in [0.29, 0.717) is 12.2 Å². The largest absolute Gasteiger partial charge is 0.497 e. The minimum Gasteiger partial charge on any atom is -0.497 e. The number of benzene rings is 2. The molecule has 1 aliphatic heterocycles. The summed E-state index contributed by atoms with van der Waals surface area (Å²) in [6.07, 6.45) is 0. The number of hydrogen-bond donors (Lipinski definition) is 1. The van der Waals surface area contributed by atoms with Gasteiger partial charge in [0.2, 0.25) is 5.91 Å². The van der Waals surface area contributed by atoms with Crippen LogP contribution in [0, 0.1) is 0 Å². The highest BCUT2D eigenvalue weighted by molar-refractivity contribution is 6.05. The lowest BCUT2D eigenvalue weighted by Crippen LogP contribution is -2.50. The lowest BCUT2D eigenvalue weighted by molar-refractivity contribution is -0.119. The van der Waals surface area contributed by atoms with Gasteiger partial charge in [-0.05, 0) is 42.8 Å². The molecule has 0 aromatic heterocycles. The van der Waals surface area contributed by atoms with Gasteiger partial charge < -0.3 is 20.3 Å². The molecule has 0 spiro atoms. The first-order valence-corrected chi connectivity index (χ1v) is 7.58. The third-order valence-electron chi connectivity index (χ3n) is 4.34. The Kier molecular flexibility index (Phi) is 3.86. The molecule has 2 aromatic carbocycles. The van der Waals surface area contributed by atoms with Gasteiger partial charge in [0, 0.05) is 19.3 Å². The number of hydrogen-bond acceptors (Lipinski definition) is 4. The van der Waals surface area contributed by atoms with E-state index in [1.54, 1.807) is 19.1 Å². The zero-order chi connectivity index (χ0) is 16.6. The number of fused-ring (bicyclic) bond motifs is 1. The number of amides is 1. The molecule has 2 aromatic rings. The molecule has 5 nitrogen and oxygen atoms in total. The molecule has 0 saturated heterocycles. The number of rotatable bonds is 3. The van der Waals surface area contributed by atoms with Crippen LogP contribution in [-0.2, 0) is 11.3 Å². The van der Waals surface area contributed by atoms with Gasteiger partial charge in [0.25, 0.3) is 0 Å². The maximum absolute atomic E-state index is 12.5. The molecular weight excluding hydrogens is 290 g/mol. The van der Waals surface area contributed by atoms with Gasteiger partial charge in [0.15, 0.2) is 0 Å². The van der Waals surface area contributed by atoms with Crippen molar-refractivity contribution in [2.75, 3.05) is 29.7 Å². The van der Waals surface area contributed by atoms with Crippen molar-refractivity contribution in [3.8, 4) is 5.75 Å². The van der Waals surface area contributed by atoms with E-state index in [0.717, 1.165) is 22.7 Å². The molecule has 1 atom stereocenters. The van der Waals surface area contributed by atoms with Crippen molar-refractivity contribution in [1.82, 2.24) is 0 Å². The first-order valence-electron chi connectivity index (χ1n) is 7.58. The Morgan fingerprint density at radius 2 is 1.83 bits per heavy atom. The molecule has 120 valence electrons. The number of anilines is 3. The van der Waals surface area contributed by atoms with Crippen LogP contribution in [-0.4, -0.2) is 26.1 Å². The highest BCUT2D eigenvalue weighted by Crippen LogP contribution is 2.37. The van der Waals surface area contributed by atoms with E-state index in [1.807, 2.05) is 49.4 Å². The average Bonchev–Trinajstić information content (AvgIpc) is 2.57. The fraction of sp³-hybridized carbons (Fsp3) is 0.278. The molecule has 5 heteroatoms. The predicted octanol–water partition coefficient (Wildman–Crippen LogP) is 2.65.